The molecule has 0 spiro atoms. The molecular formula is C13H26N2O2. The van der Waals surface area contributed by atoms with Gasteiger partial charge >= 0.3 is 0 Å². The predicted octanol–water partition coefficient (Wildman–Crippen LogP) is 1.29. The molecule has 17 heavy (non-hydrogen) atoms. The number of nitrogens with two attached hydrogens (primary N) is 1. The second kappa shape index (κ2) is 8.48. The van der Waals surface area contributed by atoms with Crippen LogP contribution >= 0.6 is 0 Å². The van der Waals surface area contributed by atoms with Gasteiger partial charge < -0.3 is 15.8 Å². The highest BCUT2D eigenvalue weighted by molar-refractivity contribution is 5.76. The Bertz CT molecular complexity index is 213. The van der Waals surface area contributed by atoms with Crippen molar-refractivity contribution in [1.82, 2.24) is 5.32 Å². The van der Waals surface area contributed by atoms with Crippen molar-refractivity contribution in [3.05, 3.63) is 0 Å². The van der Waals surface area contributed by atoms with Gasteiger partial charge in [0.2, 0.25) is 5.91 Å². The second-order valence-electron chi connectivity index (χ2n) is 5.02. The van der Waals surface area contributed by atoms with Crippen molar-refractivity contribution >= 4 is 5.91 Å². The molecule has 0 aromatic heterocycles. The largest absolute Gasteiger partial charge is 0.385 e. The second-order valence-corrected chi connectivity index (χ2v) is 5.02. The molecular weight excluding hydrogens is 216 g/mol. The molecule has 0 atom stereocenters. The summed E-state index contributed by atoms with van der Waals surface area (Å²) in [6.45, 7) is 2.24. The lowest BCUT2D eigenvalue weighted by molar-refractivity contribution is -0.122. The fourth-order valence-electron chi connectivity index (χ4n) is 2.45. The average Bonchev–Trinajstić information content (AvgIpc) is 2.36. The maximum Gasteiger partial charge on any atom is 0.220 e. The monoisotopic (exact) mass is 242 g/mol. The number of hydrogen-bond donors (Lipinski definition) is 2. The third-order valence-electron chi connectivity index (χ3n) is 3.62. The Morgan fingerprint density at radius 3 is 2.53 bits per heavy atom. The Morgan fingerprint density at radius 2 is 1.94 bits per heavy atom. The van der Waals surface area contributed by atoms with Gasteiger partial charge in [-0.1, -0.05) is 0 Å². The van der Waals surface area contributed by atoms with Crippen molar-refractivity contribution in [2.75, 3.05) is 26.8 Å². The zero-order valence-corrected chi connectivity index (χ0v) is 10.9. The molecule has 0 saturated heterocycles. The van der Waals surface area contributed by atoms with Crippen LogP contribution in [0.4, 0.5) is 0 Å². The van der Waals surface area contributed by atoms with Crippen molar-refractivity contribution in [1.29, 1.82) is 0 Å². The van der Waals surface area contributed by atoms with Gasteiger partial charge in [-0.25, -0.2) is 0 Å². The Morgan fingerprint density at radius 1 is 1.29 bits per heavy atom. The van der Waals surface area contributed by atoms with Crippen molar-refractivity contribution in [3.63, 3.8) is 0 Å². The van der Waals surface area contributed by atoms with E-state index in [0.29, 0.717) is 24.9 Å². The maximum absolute atomic E-state index is 11.6. The number of ether oxygens (including phenoxy) is 1. The first-order valence-electron chi connectivity index (χ1n) is 6.72. The van der Waals surface area contributed by atoms with Crippen LogP contribution in [0, 0.1) is 11.8 Å². The van der Waals surface area contributed by atoms with Crippen LogP contribution in [0.2, 0.25) is 0 Å². The van der Waals surface area contributed by atoms with E-state index in [9.17, 15) is 4.79 Å². The minimum atomic E-state index is 0.192. The topological polar surface area (TPSA) is 64.3 Å². The fraction of sp³-hybridized carbons (Fsp3) is 0.923. The van der Waals surface area contributed by atoms with E-state index in [1.54, 1.807) is 7.11 Å². The molecule has 1 saturated carbocycles. The highest BCUT2D eigenvalue weighted by atomic mass is 16.5. The molecule has 0 aliphatic heterocycles. The van der Waals surface area contributed by atoms with Crippen LogP contribution in [0.25, 0.3) is 0 Å². The Labute approximate surface area is 104 Å². The quantitative estimate of drug-likeness (QED) is 0.661. The zero-order chi connectivity index (χ0) is 12.5. The summed E-state index contributed by atoms with van der Waals surface area (Å²) >= 11 is 0. The predicted molar refractivity (Wildman–Crippen MR) is 68.6 cm³/mol. The SMILES string of the molecule is COCCCNC(=O)CC1CCC(CN)CC1. The normalized spacial score (nSPS) is 24.6. The van der Waals surface area contributed by atoms with Crippen LogP contribution in [0.3, 0.4) is 0 Å². The van der Waals surface area contributed by atoms with Gasteiger partial charge in [-0.2, -0.15) is 0 Å². The number of methoxy groups -OCH3 is 1. The molecule has 100 valence electrons. The molecule has 0 aromatic carbocycles. The van der Waals surface area contributed by atoms with Gasteiger partial charge in [-0.05, 0) is 50.5 Å². The first-order valence-corrected chi connectivity index (χ1v) is 6.72. The van der Waals surface area contributed by atoms with Gasteiger partial charge in [0.05, 0.1) is 0 Å². The number of hydrogen-bond acceptors (Lipinski definition) is 3. The minimum absolute atomic E-state index is 0.192. The molecule has 1 aliphatic carbocycles. The summed E-state index contributed by atoms with van der Waals surface area (Å²) in [6.07, 6.45) is 6.28. The van der Waals surface area contributed by atoms with E-state index >= 15 is 0 Å². The molecule has 0 bridgehead atoms. The molecule has 4 heteroatoms. The van der Waals surface area contributed by atoms with Gasteiger partial charge in [-0.15, -0.1) is 0 Å². The van der Waals surface area contributed by atoms with E-state index in [0.717, 1.165) is 32.4 Å². The van der Waals surface area contributed by atoms with E-state index < -0.39 is 0 Å². The average molecular weight is 242 g/mol. The molecule has 0 unspecified atom stereocenters. The first kappa shape index (κ1) is 14.5. The number of rotatable bonds is 7. The van der Waals surface area contributed by atoms with Crippen LogP contribution in [0.5, 0.6) is 0 Å². The smallest absolute Gasteiger partial charge is 0.220 e. The molecule has 0 radical (unpaired) electrons. The van der Waals surface area contributed by atoms with Gasteiger partial charge in [0.1, 0.15) is 0 Å². The third-order valence-corrected chi connectivity index (χ3v) is 3.62. The lowest BCUT2D eigenvalue weighted by Gasteiger charge is -2.27. The number of nitrogens with one attached hydrogen (secondary N) is 1. The third kappa shape index (κ3) is 6.03. The Kier molecular flexibility index (Phi) is 7.21. The van der Waals surface area contributed by atoms with Gasteiger partial charge in [0.25, 0.3) is 0 Å². The Balaban J connectivity index is 2.06. The molecule has 1 amide bonds. The number of carbonyl (C=O) groups excluding carboxylic acids is 1. The molecule has 1 fully saturated rings. The van der Waals surface area contributed by atoms with Gasteiger partial charge in [0, 0.05) is 26.7 Å². The maximum atomic E-state index is 11.6. The summed E-state index contributed by atoms with van der Waals surface area (Å²) in [6, 6.07) is 0. The standard InChI is InChI=1S/C13H26N2O2/c1-17-8-2-7-15-13(16)9-11-3-5-12(10-14)6-4-11/h11-12H,2-10,14H2,1H3,(H,15,16). The van der Waals surface area contributed by atoms with E-state index in [-0.39, 0.29) is 5.91 Å². The first-order chi connectivity index (χ1) is 8.26. The summed E-state index contributed by atoms with van der Waals surface area (Å²) in [5.41, 5.74) is 5.65. The van der Waals surface area contributed by atoms with Crippen molar-refractivity contribution < 1.29 is 9.53 Å². The van der Waals surface area contributed by atoms with Crippen LogP contribution in [0.1, 0.15) is 38.5 Å². The minimum Gasteiger partial charge on any atom is -0.385 e. The van der Waals surface area contributed by atoms with Crippen LogP contribution in [0.15, 0.2) is 0 Å². The molecule has 3 N–H and O–H groups in total. The lowest BCUT2D eigenvalue weighted by atomic mass is 9.80. The summed E-state index contributed by atoms with van der Waals surface area (Å²) in [5.74, 6) is 1.45. The fourth-order valence-corrected chi connectivity index (χ4v) is 2.45. The highest BCUT2D eigenvalue weighted by Gasteiger charge is 2.21. The van der Waals surface area contributed by atoms with Gasteiger partial charge in [-0.3, -0.25) is 4.79 Å². The summed E-state index contributed by atoms with van der Waals surface area (Å²) < 4.78 is 4.93. The number of carbonyl (C=O) groups is 1. The molecule has 4 nitrogen and oxygen atoms in total. The van der Waals surface area contributed by atoms with Crippen molar-refractivity contribution in [2.24, 2.45) is 17.6 Å². The molecule has 0 heterocycles. The molecule has 1 aliphatic rings. The lowest BCUT2D eigenvalue weighted by Crippen LogP contribution is -2.29. The van der Waals surface area contributed by atoms with Crippen molar-refractivity contribution in [3.8, 4) is 0 Å². The van der Waals surface area contributed by atoms with Crippen LogP contribution in [-0.4, -0.2) is 32.7 Å². The number of amides is 1. The highest BCUT2D eigenvalue weighted by Crippen LogP contribution is 2.29. The molecule has 1 rings (SSSR count). The van der Waals surface area contributed by atoms with Crippen LogP contribution in [-0.2, 0) is 9.53 Å². The Hall–Kier alpha value is -0.610. The van der Waals surface area contributed by atoms with E-state index in [1.165, 1.54) is 12.8 Å². The zero-order valence-electron chi connectivity index (χ0n) is 10.9. The van der Waals surface area contributed by atoms with Gasteiger partial charge in [0.15, 0.2) is 0 Å². The van der Waals surface area contributed by atoms with Crippen LogP contribution < -0.4 is 11.1 Å². The van der Waals surface area contributed by atoms with Crippen molar-refractivity contribution in [2.45, 2.75) is 38.5 Å². The van der Waals surface area contributed by atoms with E-state index in [4.69, 9.17) is 10.5 Å². The van der Waals surface area contributed by atoms with E-state index in [1.807, 2.05) is 0 Å². The van der Waals surface area contributed by atoms with E-state index in [2.05, 4.69) is 5.32 Å². The summed E-state index contributed by atoms with van der Waals surface area (Å²) in [7, 11) is 1.68. The summed E-state index contributed by atoms with van der Waals surface area (Å²) in [4.78, 5) is 11.6. The molecule has 0 aromatic rings. The summed E-state index contributed by atoms with van der Waals surface area (Å²) in [5, 5.41) is 2.95.